The molecule has 0 radical (unpaired) electrons. The number of esters is 1. The van der Waals surface area contributed by atoms with E-state index < -0.39 is 108 Å². The number of allylic oxidation sites excluding steroid dienone is 3. The van der Waals surface area contributed by atoms with Crippen LogP contribution in [0, 0.1) is 11.8 Å². The number of urea groups is 1. The van der Waals surface area contributed by atoms with Gasteiger partial charge in [-0.05, 0) is 87.9 Å². The molecule has 4 bridgehead atoms. The molecule has 10 atom stereocenters. The number of methoxy groups -OCH3 is 2. The second-order valence-electron chi connectivity index (χ2n) is 20.1. The first-order valence-corrected chi connectivity index (χ1v) is 25.4. The lowest BCUT2D eigenvalue weighted by Gasteiger charge is -2.42. The summed E-state index contributed by atoms with van der Waals surface area (Å²) in [5, 5.41) is 23.0. The van der Waals surface area contributed by atoms with Crippen LogP contribution < -0.4 is 42.4 Å². The lowest BCUT2D eigenvalue weighted by molar-refractivity contribution is -0.158. The third-order valence-corrected chi connectivity index (χ3v) is 14.7. The third kappa shape index (κ3) is 13.2. The molecule has 0 saturated carbocycles. The largest absolute Gasteiger partial charge is 0.495 e. The first-order chi connectivity index (χ1) is 35.8. The number of halogens is 1. The first kappa shape index (κ1) is 58.4. The van der Waals surface area contributed by atoms with Crippen LogP contribution >= 0.6 is 11.6 Å². The molecule has 9 N–H and O–H groups in total. The van der Waals surface area contributed by atoms with Gasteiger partial charge in [0.05, 0.1) is 48.1 Å². The summed E-state index contributed by atoms with van der Waals surface area (Å²) in [6.45, 7) is 10.5. The van der Waals surface area contributed by atoms with Gasteiger partial charge < -0.3 is 66.0 Å². The molecule has 412 valence electrons. The number of nitrogens with zero attached hydrogens (tertiary/aromatic N) is 3. The lowest BCUT2D eigenvalue weighted by Crippen LogP contribution is -2.63. The maximum absolute atomic E-state index is 14.5. The van der Waals surface area contributed by atoms with Crippen LogP contribution in [0.1, 0.15) is 83.1 Å². The van der Waals surface area contributed by atoms with Crippen LogP contribution in [-0.4, -0.2) is 145 Å². The number of rotatable bonds is 15. The number of alkyl carbamates (subject to hydrolysis) is 1. The van der Waals surface area contributed by atoms with E-state index in [0.29, 0.717) is 23.2 Å². The highest BCUT2D eigenvalue weighted by Gasteiger charge is 2.64. The average Bonchev–Trinajstić information content (AvgIpc) is 4.09. The van der Waals surface area contributed by atoms with Crippen molar-refractivity contribution in [3.8, 4) is 5.75 Å². The molecule has 4 heterocycles. The van der Waals surface area contributed by atoms with Crippen molar-refractivity contribution >= 4 is 75.6 Å². The fourth-order valence-electron chi connectivity index (χ4n) is 9.40. The van der Waals surface area contributed by atoms with Gasteiger partial charge in [-0.1, -0.05) is 56.2 Å². The van der Waals surface area contributed by atoms with Crippen LogP contribution in [0.2, 0.25) is 5.02 Å². The number of carbonyl (C=O) groups excluding carboxylic acids is 7. The zero-order chi connectivity index (χ0) is 56.0. The molecule has 2 saturated heterocycles. The fraction of sp³-hybridized carbons (Fsp3) is 0.509. The Morgan fingerprint density at radius 3 is 2.50 bits per heavy atom. The number of hydrogen-bond donors (Lipinski definition) is 7. The highest BCUT2D eigenvalue weighted by atomic mass is 35.5. The summed E-state index contributed by atoms with van der Waals surface area (Å²) in [6.07, 6.45) is 1.97. The van der Waals surface area contributed by atoms with E-state index in [4.69, 9.17) is 46.8 Å². The average molecular weight is 1080 g/mol. The maximum atomic E-state index is 14.5. The number of nitrogens with two attached hydrogens (primary N) is 2. The van der Waals surface area contributed by atoms with E-state index in [9.17, 15) is 38.7 Å². The number of ether oxygens (including phenoxy) is 5. The summed E-state index contributed by atoms with van der Waals surface area (Å²) in [5.74, 6) is -3.73. The van der Waals surface area contributed by atoms with Crippen molar-refractivity contribution in [1.82, 2.24) is 25.8 Å². The van der Waals surface area contributed by atoms with E-state index in [1.54, 1.807) is 64.1 Å². The van der Waals surface area contributed by atoms with Gasteiger partial charge in [-0.3, -0.25) is 29.5 Å². The number of anilines is 2. The van der Waals surface area contributed by atoms with Gasteiger partial charge in [0, 0.05) is 51.7 Å². The van der Waals surface area contributed by atoms with Gasteiger partial charge in [0.15, 0.2) is 5.72 Å². The van der Waals surface area contributed by atoms with Crippen molar-refractivity contribution in [2.75, 3.05) is 45.1 Å². The van der Waals surface area contributed by atoms with E-state index in [2.05, 4.69) is 26.3 Å². The summed E-state index contributed by atoms with van der Waals surface area (Å²) in [4.78, 5) is 102. The van der Waals surface area contributed by atoms with Crippen molar-refractivity contribution < 1.29 is 62.4 Å². The van der Waals surface area contributed by atoms with Crippen LogP contribution in [0.3, 0.4) is 0 Å². The Morgan fingerprint density at radius 2 is 1.83 bits per heavy atom. The molecule has 22 nitrogen and oxygen atoms in total. The van der Waals surface area contributed by atoms with Gasteiger partial charge in [0.2, 0.25) is 17.7 Å². The number of pyridine rings is 1. The highest BCUT2D eigenvalue weighted by Crippen LogP contribution is 2.49. The van der Waals surface area contributed by atoms with Crippen molar-refractivity contribution in [3.63, 3.8) is 0 Å². The van der Waals surface area contributed by atoms with Gasteiger partial charge in [-0.15, -0.1) is 0 Å². The van der Waals surface area contributed by atoms with Crippen LogP contribution in [0.4, 0.5) is 21.0 Å². The van der Waals surface area contributed by atoms with Crippen LogP contribution in [-0.2, 0) is 44.5 Å². The van der Waals surface area contributed by atoms with Gasteiger partial charge in [-0.25, -0.2) is 14.4 Å². The molecule has 23 heteroatoms. The molecule has 3 aliphatic rings. The summed E-state index contributed by atoms with van der Waals surface area (Å²) in [7, 11) is 5.80. The monoisotopic (exact) mass is 1080 g/mol. The number of hydrogen-bond acceptors (Lipinski definition) is 15. The number of nitrogens with one attached hydrogen (secondary N) is 4. The molecule has 76 heavy (non-hydrogen) atoms. The first-order valence-electron chi connectivity index (χ1n) is 25.0. The minimum absolute atomic E-state index is 0.0685. The minimum Gasteiger partial charge on any atom is -0.495 e. The highest BCUT2D eigenvalue weighted by molar-refractivity contribution is 6.35. The fourth-order valence-corrected chi connectivity index (χ4v) is 9.71. The Bertz CT molecular complexity index is 2780. The summed E-state index contributed by atoms with van der Waals surface area (Å²) in [5.41, 5.74) is 10.5. The number of aliphatic hydroxyl groups is 1. The second kappa shape index (κ2) is 24.4. The lowest BCUT2D eigenvalue weighted by atomic mass is 9.83. The molecule has 1 aromatic heterocycles. The van der Waals surface area contributed by atoms with Crippen molar-refractivity contribution in [1.29, 1.82) is 0 Å². The van der Waals surface area contributed by atoms with Gasteiger partial charge >= 0.3 is 18.1 Å². The summed E-state index contributed by atoms with van der Waals surface area (Å²) < 4.78 is 29.6. The van der Waals surface area contributed by atoms with Crippen LogP contribution in [0.15, 0.2) is 66.4 Å². The zero-order valence-electron chi connectivity index (χ0n) is 44.4. The zero-order valence-corrected chi connectivity index (χ0v) is 45.2. The number of aromatic nitrogens is 1. The molecular weight excluding hydrogens is 1010 g/mol. The Morgan fingerprint density at radius 1 is 1.11 bits per heavy atom. The summed E-state index contributed by atoms with van der Waals surface area (Å²) in [6, 6.07) is 5.73. The Hall–Kier alpha value is -6.85. The normalized spacial score (nSPS) is 26.0. The Balaban J connectivity index is 1.28. The molecular formula is C53H70ClN9O13. The standard InChI is InChI=1S/C53H70ClN9O13/c1-27(2)43(55)47(66)60-35(16-13-21-58-50(56)69)46(65)59-34-19-18-33(44-32(34)15-12-20-57-44)48(67)62(7)30(5)49(68)75-40-25-41(64)63(8)36-23-31(24-37(72-9)42(36)54)22-28(3)14-11-17-39(73-10)53(71)26-38(74-51(70)61-53)29(4)45-52(40,6)76-45/h11-12,14-15,17-20,23-24,27,29-30,35,38-40,43,45,71H,13,16,21-22,25-26,55H2,1-10H3,(H,59,65)(H,60,66)(H,61,70)(H3,56,58,69)/b17-11+,28-14+/t29-,30+,35+,38+,39-,40+,43+,45+,52+,53+/m1/s1. The van der Waals surface area contributed by atoms with E-state index in [1.165, 1.54) is 58.5 Å². The molecule has 2 fully saturated rings. The minimum atomic E-state index is -1.91. The van der Waals surface area contributed by atoms with Crippen LogP contribution in [0.5, 0.6) is 5.75 Å². The van der Waals surface area contributed by atoms with Crippen molar-refractivity contribution in [2.24, 2.45) is 23.3 Å². The number of likely N-dealkylation sites (N-methyl/N-ethyl adjacent to an activating group) is 1. The third-order valence-electron chi connectivity index (χ3n) is 14.3. The molecule has 3 aromatic rings. The topological polar surface area (TPSA) is 309 Å². The Labute approximate surface area is 446 Å². The van der Waals surface area contributed by atoms with Gasteiger partial charge in [-0.2, -0.15) is 0 Å². The van der Waals surface area contributed by atoms with E-state index in [1.807, 2.05) is 13.0 Å². The van der Waals surface area contributed by atoms with E-state index in [0.717, 1.165) is 16.0 Å². The van der Waals surface area contributed by atoms with E-state index >= 15 is 0 Å². The molecule has 2 aromatic carbocycles. The molecule has 3 aliphatic heterocycles. The van der Waals surface area contributed by atoms with Gasteiger partial charge in [0.25, 0.3) is 5.91 Å². The Kier molecular flexibility index (Phi) is 18.8. The van der Waals surface area contributed by atoms with Crippen molar-refractivity contribution in [2.45, 2.75) is 128 Å². The molecule has 0 spiro atoms. The van der Waals surface area contributed by atoms with Gasteiger partial charge in [0.1, 0.15) is 46.8 Å². The quantitative estimate of drug-likeness (QED) is 0.0637. The number of amides is 7. The number of benzene rings is 2. The molecule has 0 aliphatic carbocycles. The number of epoxide rings is 1. The summed E-state index contributed by atoms with van der Waals surface area (Å²) >= 11 is 6.85. The van der Waals surface area contributed by atoms with E-state index in [-0.39, 0.29) is 53.5 Å². The number of fused-ring (bicyclic) bond motifs is 6. The molecule has 7 amide bonds. The van der Waals surface area contributed by atoms with Crippen molar-refractivity contribution in [3.05, 3.63) is 82.5 Å². The predicted molar refractivity (Wildman–Crippen MR) is 282 cm³/mol. The maximum Gasteiger partial charge on any atom is 0.409 e. The number of primary amides is 1. The molecule has 0 unspecified atom stereocenters. The molecule has 6 rings (SSSR count). The smallest absolute Gasteiger partial charge is 0.409 e. The second-order valence-corrected chi connectivity index (χ2v) is 20.5. The van der Waals surface area contributed by atoms with Crippen LogP contribution in [0.25, 0.3) is 10.9 Å². The predicted octanol–water partition coefficient (Wildman–Crippen LogP) is 4.23. The SMILES string of the molecule is COc1cc2cc(c1Cl)N(C)C(=O)C[C@H](OC(=O)[C@H](C)N(C)C(=O)c1ccc(NC(=O)[C@H](CCCNC(N)=O)NC(=O)[C@@H](N)C(C)C)c3cccnc13)[C@]1(C)O[C@H]1[C@H](C)[C@@H]1C[C@@](O)(NC(=O)O1)[C@H](OC)/C=C/C=C(\C)C2. The number of carbonyl (C=O) groups is 7.